The molecule has 1 N–H and O–H groups in total. The van der Waals surface area contributed by atoms with E-state index in [-0.39, 0.29) is 26.8 Å². The number of hydrogen-bond donors (Lipinski definition) is 1. The van der Waals surface area contributed by atoms with Gasteiger partial charge in [-0.2, -0.15) is 4.72 Å². The molecule has 9 nitrogen and oxygen atoms in total. The lowest BCUT2D eigenvalue weighted by atomic mass is 9.97. The van der Waals surface area contributed by atoms with E-state index in [9.17, 15) is 22.8 Å². The Bertz CT molecular complexity index is 884. The molecule has 1 aliphatic heterocycles. The summed E-state index contributed by atoms with van der Waals surface area (Å²) < 4.78 is 35.9. The van der Waals surface area contributed by atoms with Gasteiger partial charge < -0.3 is 14.4 Å². The largest absolute Gasteiger partial charge is 0.469 e. The van der Waals surface area contributed by atoms with Crippen molar-refractivity contribution in [3.8, 4) is 0 Å². The first-order valence-corrected chi connectivity index (χ1v) is 10.8. The number of methoxy groups -OCH3 is 1. The van der Waals surface area contributed by atoms with Gasteiger partial charge in [0.15, 0.2) is 6.61 Å². The topological polar surface area (TPSA) is 119 Å². The average Bonchev–Trinajstić information content (AvgIpc) is 2.71. The zero-order valence-corrected chi connectivity index (χ0v) is 17.8. The number of rotatable bonds is 7. The maximum atomic E-state index is 12.2. The van der Waals surface area contributed by atoms with Gasteiger partial charge in [-0.15, -0.1) is 0 Å². The summed E-state index contributed by atoms with van der Waals surface area (Å²) in [4.78, 5) is 36.7. The molecule has 29 heavy (non-hydrogen) atoms. The number of nitrogens with one attached hydrogen (secondary N) is 1. The molecule has 1 aliphatic rings. The van der Waals surface area contributed by atoms with Crippen molar-refractivity contribution in [2.45, 2.75) is 17.7 Å². The molecule has 1 amide bonds. The van der Waals surface area contributed by atoms with Gasteiger partial charge in [-0.25, -0.2) is 8.42 Å². The number of esters is 2. The monoisotopic (exact) mass is 466 g/mol. The van der Waals surface area contributed by atoms with E-state index in [2.05, 4.69) is 9.46 Å². The van der Waals surface area contributed by atoms with Crippen molar-refractivity contribution in [1.29, 1.82) is 0 Å². The molecule has 1 aromatic carbocycles. The Morgan fingerprint density at radius 1 is 1.17 bits per heavy atom. The SMILES string of the molecule is COC(=O)C1CCN(C(=O)COC(=O)CNS(=O)(=O)c2ccc(Cl)c(Cl)c2)CC1. The minimum Gasteiger partial charge on any atom is -0.469 e. The lowest BCUT2D eigenvalue weighted by molar-refractivity contribution is -0.153. The minimum absolute atomic E-state index is 0.0543. The number of halogens is 2. The molecule has 12 heteroatoms. The molecule has 0 bridgehead atoms. The molecule has 0 spiro atoms. The molecule has 1 heterocycles. The van der Waals surface area contributed by atoms with E-state index < -0.39 is 35.1 Å². The van der Waals surface area contributed by atoms with Gasteiger partial charge in [0.1, 0.15) is 6.54 Å². The molecule has 0 saturated carbocycles. The fourth-order valence-corrected chi connectivity index (χ4v) is 4.05. The summed E-state index contributed by atoms with van der Waals surface area (Å²) >= 11 is 11.5. The van der Waals surface area contributed by atoms with Crippen molar-refractivity contribution in [3.63, 3.8) is 0 Å². The molecule has 2 rings (SSSR count). The normalized spacial score (nSPS) is 15.1. The third-order valence-corrected chi connectivity index (χ3v) is 6.48. The Hall–Kier alpha value is -1.88. The second-order valence-corrected chi connectivity index (χ2v) is 8.82. The Morgan fingerprint density at radius 3 is 2.41 bits per heavy atom. The summed E-state index contributed by atoms with van der Waals surface area (Å²) in [5.41, 5.74) is 0. The van der Waals surface area contributed by atoms with Crippen LogP contribution in [0.25, 0.3) is 0 Å². The maximum Gasteiger partial charge on any atom is 0.321 e. The molecule has 1 fully saturated rings. The fraction of sp³-hybridized carbons (Fsp3) is 0.471. The lowest BCUT2D eigenvalue weighted by Crippen LogP contribution is -2.42. The van der Waals surface area contributed by atoms with E-state index in [4.69, 9.17) is 27.9 Å². The first-order valence-electron chi connectivity index (χ1n) is 8.60. The Kier molecular flexibility index (Phi) is 8.26. The van der Waals surface area contributed by atoms with Gasteiger partial charge in [-0.1, -0.05) is 23.2 Å². The predicted molar refractivity (Wildman–Crippen MR) is 104 cm³/mol. The standard InChI is InChI=1S/C17H20Cl2N2O7S/c1-27-17(24)11-4-6-21(7-5-11)15(22)10-28-16(23)9-20-29(25,26)12-2-3-13(18)14(19)8-12/h2-3,8,11,20H,4-7,9-10H2,1H3. The quantitative estimate of drug-likeness (QED) is 0.599. The minimum atomic E-state index is -4.00. The van der Waals surface area contributed by atoms with Crippen LogP contribution in [0.2, 0.25) is 10.0 Å². The third kappa shape index (κ3) is 6.56. The van der Waals surface area contributed by atoms with E-state index in [1.54, 1.807) is 0 Å². The average molecular weight is 467 g/mol. The van der Waals surface area contributed by atoms with Gasteiger partial charge in [0, 0.05) is 13.1 Å². The van der Waals surface area contributed by atoms with Gasteiger partial charge in [-0.05, 0) is 31.0 Å². The predicted octanol–water partition coefficient (Wildman–Crippen LogP) is 1.23. The zero-order valence-electron chi connectivity index (χ0n) is 15.5. The Balaban J connectivity index is 1.77. The van der Waals surface area contributed by atoms with Crippen LogP contribution in [0.15, 0.2) is 23.1 Å². The first kappa shape index (κ1) is 23.4. The number of piperidine rings is 1. The van der Waals surface area contributed by atoms with Crippen molar-refractivity contribution in [2.24, 2.45) is 5.92 Å². The van der Waals surface area contributed by atoms with Crippen molar-refractivity contribution >= 4 is 51.1 Å². The number of amides is 1. The van der Waals surface area contributed by atoms with Crippen molar-refractivity contribution < 1.29 is 32.3 Å². The summed E-state index contributed by atoms with van der Waals surface area (Å²) in [5.74, 6) is -1.89. The van der Waals surface area contributed by atoms with Crippen LogP contribution in [0, 0.1) is 5.92 Å². The fourth-order valence-electron chi connectivity index (χ4n) is 2.70. The van der Waals surface area contributed by atoms with Crippen LogP contribution < -0.4 is 4.72 Å². The van der Waals surface area contributed by atoms with Crippen molar-refractivity contribution in [2.75, 3.05) is 33.4 Å². The van der Waals surface area contributed by atoms with Crippen LogP contribution in [0.1, 0.15) is 12.8 Å². The Morgan fingerprint density at radius 2 is 1.83 bits per heavy atom. The number of carbonyl (C=O) groups is 3. The molecule has 1 aromatic rings. The number of sulfonamides is 1. The van der Waals surface area contributed by atoms with E-state index in [1.807, 2.05) is 0 Å². The summed E-state index contributed by atoms with van der Waals surface area (Å²) in [7, 11) is -2.69. The van der Waals surface area contributed by atoms with Gasteiger partial charge in [0.2, 0.25) is 10.0 Å². The highest BCUT2D eigenvalue weighted by molar-refractivity contribution is 7.89. The first-order chi connectivity index (χ1) is 13.6. The van der Waals surface area contributed by atoms with Gasteiger partial charge in [0.25, 0.3) is 5.91 Å². The van der Waals surface area contributed by atoms with Crippen LogP contribution in [-0.2, 0) is 33.9 Å². The van der Waals surface area contributed by atoms with E-state index >= 15 is 0 Å². The van der Waals surface area contributed by atoms with Crippen molar-refractivity contribution in [1.82, 2.24) is 9.62 Å². The molecular weight excluding hydrogens is 447 g/mol. The molecule has 1 saturated heterocycles. The summed E-state index contributed by atoms with van der Waals surface area (Å²) in [6, 6.07) is 3.71. The van der Waals surface area contributed by atoms with Crippen LogP contribution in [-0.4, -0.2) is 64.5 Å². The molecule has 0 radical (unpaired) electrons. The highest BCUT2D eigenvalue weighted by Gasteiger charge is 2.28. The number of carbonyl (C=O) groups excluding carboxylic acids is 3. The van der Waals surface area contributed by atoms with E-state index in [1.165, 1.54) is 24.1 Å². The van der Waals surface area contributed by atoms with Crippen LogP contribution in [0.5, 0.6) is 0 Å². The smallest absolute Gasteiger partial charge is 0.321 e. The van der Waals surface area contributed by atoms with Crippen LogP contribution >= 0.6 is 23.2 Å². The molecule has 160 valence electrons. The molecule has 0 atom stereocenters. The van der Waals surface area contributed by atoms with Gasteiger partial charge in [0.05, 0.1) is 28.0 Å². The second-order valence-electron chi connectivity index (χ2n) is 6.24. The van der Waals surface area contributed by atoms with Crippen LogP contribution in [0.3, 0.4) is 0 Å². The van der Waals surface area contributed by atoms with Crippen molar-refractivity contribution in [3.05, 3.63) is 28.2 Å². The number of hydrogen-bond acceptors (Lipinski definition) is 7. The number of ether oxygens (including phenoxy) is 2. The maximum absolute atomic E-state index is 12.2. The van der Waals surface area contributed by atoms with Crippen LogP contribution in [0.4, 0.5) is 0 Å². The highest BCUT2D eigenvalue weighted by Crippen LogP contribution is 2.24. The molecule has 0 unspecified atom stereocenters. The molecule has 0 aromatic heterocycles. The van der Waals surface area contributed by atoms with Gasteiger partial charge in [-0.3, -0.25) is 14.4 Å². The molecular formula is C17H20Cl2N2O7S. The third-order valence-electron chi connectivity index (χ3n) is 4.35. The molecule has 0 aliphatic carbocycles. The summed E-state index contributed by atoms with van der Waals surface area (Å²) in [5, 5.41) is 0.248. The second kappa shape index (κ2) is 10.2. The van der Waals surface area contributed by atoms with Gasteiger partial charge >= 0.3 is 11.9 Å². The van der Waals surface area contributed by atoms with E-state index in [0.717, 1.165) is 6.07 Å². The number of nitrogens with zero attached hydrogens (tertiary/aromatic N) is 1. The summed E-state index contributed by atoms with van der Waals surface area (Å²) in [6.07, 6.45) is 0.936. The number of likely N-dealkylation sites (tertiary alicyclic amines) is 1. The lowest BCUT2D eigenvalue weighted by Gasteiger charge is -2.30. The zero-order chi connectivity index (χ0) is 21.6. The number of benzene rings is 1. The Labute approximate surface area is 178 Å². The summed E-state index contributed by atoms with van der Waals surface area (Å²) in [6.45, 7) is -0.475. The highest BCUT2D eigenvalue weighted by atomic mass is 35.5. The van der Waals surface area contributed by atoms with E-state index in [0.29, 0.717) is 25.9 Å².